The fourth-order valence-electron chi connectivity index (χ4n) is 2.49. The number of aromatic nitrogens is 2. The average molecular weight is 297 g/mol. The van der Waals surface area contributed by atoms with Crippen molar-refractivity contribution in [3.63, 3.8) is 0 Å². The van der Waals surface area contributed by atoms with E-state index < -0.39 is 5.97 Å². The van der Waals surface area contributed by atoms with Crippen LogP contribution >= 0.6 is 11.8 Å². The highest BCUT2D eigenvalue weighted by Gasteiger charge is 2.18. The Morgan fingerprint density at radius 2 is 2.40 bits per heavy atom. The molecular weight excluding hydrogens is 278 g/mol. The van der Waals surface area contributed by atoms with Crippen LogP contribution in [-0.2, 0) is 11.3 Å². The van der Waals surface area contributed by atoms with E-state index in [-0.39, 0.29) is 11.3 Å². The third-order valence-corrected chi connectivity index (χ3v) is 4.33. The maximum absolute atomic E-state index is 11.3. The van der Waals surface area contributed by atoms with Crippen molar-refractivity contribution in [3.8, 4) is 0 Å². The Labute approximate surface area is 121 Å². The highest BCUT2D eigenvalue weighted by molar-refractivity contribution is 7.99. The SMILES string of the molecule is CN1CCCC(Cn2ccc(=O)nc2SCC(=O)O)C1. The second-order valence-electron chi connectivity index (χ2n) is 5.15. The van der Waals surface area contributed by atoms with Crippen LogP contribution in [0.2, 0.25) is 0 Å². The summed E-state index contributed by atoms with van der Waals surface area (Å²) in [5.41, 5.74) is -0.324. The van der Waals surface area contributed by atoms with Gasteiger partial charge in [-0.3, -0.25) is 9.59 Å². The quantitative estimate of drug-likeness (QED) is 0.639. The van der Waals surface area contributed by atoms with E-state index in [0.717, 1.165) is 37.8 Å². The van der Waals surface area contributed by atoms with Crippen LogP contribution in [0.15, 0.2) is 22.2 Å². The van der Waals surface area contributed by atoms with Crippen LogP contribution in [0.4, 0.5) is 0 Å². The van der Waals surface area contributed by atoms with E-state index in [0.29, 0.717) is 11.1 Å². The molecule has 1 N–H and O–H groups in total. The summed E-state index contributed by atoms with van der Waals surface area (Å²) in [6.07, 6.45) is 4.04. The lowest BCUT2D eigenvalue weighted by atomic mass is 9.98. The minimum atomic E-state index is -0.906. The molecule has 7 heteroatoms. The van der Waals surface area contributed by atoms with Crippen molar-refractivity contribution < 1.29 is 9.90 Å². The van der Waals surface area contributed by atoms with Gasteiger partial charge in [-0.05, 0) is 32.4 Å². The number of thioether (sulfide) groups is 1. The van der Waals surface area contributed by atoms with Gasteiger partial charge in [0.05, 0.1) is 5.75 Å². The van der Waals surface area contributed by atoms with Gasteiger partial charge in [-0.15, -0.1) is 0 Å². The molecule has 0 bridgehead atoms. The Morgan fingerprint density at radius 3 is 3.10 bits per heavy atom. The van der Waals surface area contributed by atoms with Crippen molar-refractivity contribution in [3.05, 3.63) is 22.6 Å². The van der Waals surface area contributed by atoms with Gasteiger partial charge >= 0.3 is 5.97 Å². The lowest BCUT2D eigenvalue weighted by Crippen LogP contribution is -2.34. The molecule has 0 aromatic carbocycles. The number of likely N-dealkylation sites (tertiary alicyclic amines) is 1. The van der Waals surface area contributed by atoms with E-state index in [9.17, 15) is 9.59 Å². The summed E-state index contributed by atoms with van der Waals surface area (Å²) in [6.45, 7) is 2.92. The van der Waals surface area contributed by atoms with Crippen LogP contribution < -0.4 is 5.56 Å². The van der Waals surface area contributed by atoms with Gasteiger partial charge in [0.15, 0.2) is 5.16 Å². The van der Waals surface area contributed by atoms with Crippen LogP contribution in [0.1, 0.15) is 12.8 Å². The molecule has 1 aromatic heterocycles. The van der Waals surface area contributed by atoms with Crippen LogP contribution in [-0.4, -0.2) is 51.4 Å². The van der Waals surface area contributed by atoms with Crippen molar-refractivity contribution in [2.45, 2.75) is 24.5 Å². The lowest BCUT2D eigenvalue weighted by Gasteiger charge is -2.30. The standard InChI is InChI=1S/C13H19N3O3S/c1-15-5-2-3-10(7-15)8-16-6-4-11(17)14-13(16)20-9-12(18)19/h4,6,10H,2-3,5,7-9H2,1H3,(H,18,19). The second-order valence-corrected chi connectivity index (χ2v) is 6.10. The molecule has 2 heterocycles. The van der Waals surface area contributed by atoms with Gasteiger partial charge in [-0.2, -0.15) is 4.98 Å². The first-order chi connectivity index (χ1) is 9.54. The van der Waals surface area contributed by atoms with E-state index in [1.165, 1.54) is 12.5 Å². The zero-order valence-electron chi connectivity index (χ0n) is 11.5. The molecule has 1 unspecified atom stereocenters. The number of nitrogens with zero attached hydrogens (tertiary/aromatic N) is 3. The number of piperidine rings is 1. The predicted octanol–water partition coefficient (Wildman–Crippen LogP) is 0.762. The third kappa shape index (κ3) is 4.35. The van der Waals surface area contributed by atoms with Gasteiger partial charge in [-0.1, -0.05) is 11.8 Å². The normalized spacial score (nSPS) is 19.9. The van der Waals surface area contributed by atoms with Crippen molar-refractivity contribution in [2.75, 3.05) is 25.9 Å². The first-order valence-electron chi connectivity index (χ1n) is 6.65. The number of carboxylic acid groups (broad SMARTS) is 1. The molecule has 1 aliphatic rings. The van der Waals surface area contributed by atoms with Crippen molar-refractivity contribution in [1.82, 2.24) is 14.5 Å². The molecule has 0 spiro atoms. The number of rotatable bonds is 5. The largest absolute Gasteiger partial charge is 0.481 e. The molecule has 0 radical (unpaired) electrons. The molecule has 0 aliphatic carbocycles. The average Bonchev–Trinajstić information content (AvgIpc) is 2.39. The summed E-state index contributed by atoms with van der Waals surface area (Å²) < 4.78 is 1.90. The number of carboxylic acids is 1. The Balaban J connectivity index is 2.09. The zero-order valence-corrected chi connectivity index (χ0v) is 12.3. The van der Waals surface area contributed by atoms with Gasteiger partial charge in [0, 0.05) is 25.4 Å². The van der Waals surface area contributed by atoms with Gasteiger partial charge in [0.2, 0.25) is 0 Å². The van der Waals surface area contributed by atoms with Crippen LogP contribution in [0, 0.1) is 5.92 Å². The van der Waals surface area contributed by atoms with Gasteiger partial charge in [0.25, 0.3) is 5.56 Å². The number of hydrogen-bond acceptors (Lipinski definition) is 5. The molecule has 0 saturated carbocycles. The predicted molar refractivity (Wildman–Crippen MR) is 77.1 cm³/mol. The summed E-state index contributed by atoms with van der Waals surface area (Å²) in [4.78, 5) is 28.2. The summed E-state index contributed by atoms with van der Waals surface area (Å²) in [7, 11) is 2.11. The van der Waals surface area contributed by atoms with Gasteiger partial charge < -0.3 is 14.6 Å². The molecule has 110 valence electrons. The van der Waals surface area contributed by atoms with Crippen LogP contribution in [0.25, 0.3) is 0 Å². The Morgan fingerprint density at radius 1 is 1.60 bits per heavy atom. The van der Waals surface area contributed by atoms with Crippen molar-refractivity contribution in [2.24, 2.45) is 5.92 Å². The minimum absolute atomic E-state index is 0.0823. The van der Waals surface area contributed by atoms with E-state index in [1.54, 1.807) is 6.20 Å². The second kappa shape index (κ2) is 6.90. The first-order valence-corrected chi connectivity index (χ1v) is 7.64. The molecule has 20 heavy (non-hydrogen) atoms. The smallest absolute Gasteiger partial charge is 0.313 e. The lowest BCUT2D eigenvalue weighted by molar-refractivity contribution is -0.133. The Kier molecular flexibility index (Phi) is 5.19. The van der Waals surface area contributed by atoms with E-state index in [4.69, 9.17) is 5.11 Å². The highest BCUT2D eigenvalue weighted by Crippen LogP contribution is 2.20. The van der Waals surface area contributed by atoms with Crippen molar-refractivity contribution >= 4 is 17.7 Å². The summed E-state index contributed by atoms with van der Waals surface area (Å²) >= 11 is 1.10. The van der Waals surface area contributed by atoms with Gasteiger partial charge in [-0.25, -0.2) is 0 Å². The Hall–Kier alpha value is -1.34. The maximum Gasteiger partial charge on any atom is 0.313 e. The molecule has 1 atom stereocenters. The van der Waals surface area contributed by atoms with Crippen LogP contribution in [0.3, 0.4) is 0 Å². The van der Waals surface area contributed by atoms with Gasteiger partial charge in [0.1, 0.15) is 0 Å². The molecule has 1 saturated heterocycles. The molecule has 1 fully saturated rings. The number of hydrogen-bond donors (Lipinski definition) is 1. The van der Waals surface area contributed by atoms with E-state index in [2.05, 4.69) is 16.9 Å². The topological polar surface area (TPSA) is 75.4 Å². The zero-order chi connectivity index (χ0) is 14.5. The molecule has 2 rings (SSSR count). The Bertz CT molecular complexity index is 532. The molecule has 6 nitrogen and oxygen atoms in total. The summed E-state index contributed by atoms with van der Waals surface area (Å²) in [5.74, 6) is -0.472. The first kappa shape index (κ1) is 15.1. The maximum atomic E-state index is 11.3. The number of carbonyl (C=O) groups is 1. The monoisotopic (exact) mass is 297 g/mol. The fourth-order valence-corrected chi connectivity index (χ4v) is 3.20. The van der Waals surface area contributed by atoms with Crippen molar-refractivity contribution in [1.29, 1.82) is 0 Å². The highest BCUT2D eigenvalue weighted by atomic mass is 32.2. The molecule has 1 aromatic rings. The minimum Gasteiger partial charge on any atom is -0.481 e. The van der Waals surface area contributed by atoms with E-state index in [1.807, 2.05) is 4.57 Å². The molecule has 0 amide bonds. The van der Waals surface area contributed by atoms with Crippen LogP contribution in [0.5, 0.6) is 0 Å². The summed E-state index contributed by atoms with van der Waals surface area (Å²) in [6, 6.07) is 1.43. The van der Waals surface area contributed by atoms with E-state index >= 15 is 0 Å². The number of aliphatic carboxylic acids is 1. The molecule has 1 aliphatic heterocycles. The molecular formula is C13H19N3O3S. The summed E-state index contributed by atoms with van der Waals surface area (Å²) in [5, 5.41) is 9.24. The third-order valence-electron chi connectivity index (χ3n) is 3.35. The fraction of sp³-hybridized carbons (Fsp3) is 0.615.